The summed E-state index contributed by atoms with van der Waals surface area (Å²) in [7, 11) is -0.747. The lowest BCUT2D eigenvalue weighted by Crippen LogP contribution is -2.29. The van der Waals surface area contributed by atoms with E-state index in [1.807, 2.05) is 19.0 Å². The first-order valence-electron chi connectivity index (χ1n) is 22.2. The Bertz CT molecular complexity index is 1180. The second kappa shape index (κ2) is 41.6. The zero-order valence-corrected chi connectivity index (χ0v) is 37.4. The molecule has 0 radical (unpaired) electrons. The Morgan fingerprint density at radius 2 is 0.965 bits per heavy atom. The van der Waals surface area contributed by atoms with E-state index in [1.54, 1.807) is 0 Å². The quantitative estimate of drug-likeness (QED) is 0.0279. The number of carbonyl (C=O) groups excluding carboxylic acids is 2. The maximum Gasteiger partial charge on any atom is 0.472 e. The number of phosphoric ester groups is 1. The fourth-order valence-corrected chi connectivity index (χ4v) is 6.27. The highest BCUT2D eigenvalue weighted by molar-refractivity contribution is 7.47. The Balaban J connectivity index is 4.40. The number of phosphoric acid groups is 1. The molecule has 0 heterocycles. The molecule has 0 aliphatic carbocycles. The number of allylic oxidation sites excluding steroid dienone is 12. The molecule has 10 heteroatoms. The highest BCUT2D eigenvalue weighted by Gasteiger charge is 2.26. The number of ether oxygens (including phenoxy) is 2. The summed E-state index contributed by atoms with van der Waals surface area (Å²) < 4.78 is 33.4. The van der Waals surface area contributed by atoms with Crippen molar-refractivity contribution in [1.29, 1.82) is 0 Å². The fraction of sp³-hybridized carbons (Fsp3) is 0.702. The van der Waals surface area contributed by atoms with Gasteiger partial charge in [-0.1, -0.05) is 145 Å². The molecule has 0 amide bonds. The van der Waals surface area contributed by atoms with Crippen molar-refractivity contribution in [3.05, 3.63) is 72.9 Å². The third-order valence-electron chi connectivity index (χ3n) is 8.99. The molecule has 0 saturated carbocycles. The summed E-state index contributed by atoms with van der Waals surface area (Å²) in [6, 6.07) is 0. The first-order valence-corrected chi connectivity index (χ1v) is 23.7. The molecule has 0 aromatic carbocycles. The van der Waals surface area contributed by atoms with Gasteiger partial charge < -0.3 is 19.3 Å². The second-order valence-corrected chi connectivity index (χ2v) is 16.3. The number of nitrogens with zero attached hydrogens (tertiary/aromatic N) is 1. The highest BCUT2D eigenvalue weighted by atomic mass is 31.2. The minimum Gasteiger partial charge on any atom is -0.462 e. The largest absolute Gasteiger partial charge is 0.472 e. The van der Waals surface area contributed by atoms with Crippen molar-refractivity contribution >= 4 is 19.8 Å². The molecule has 0 aromatic heterocycles. The van der Waals surface area contributed by atoms with Crippen molar-refractivity contribution in [2.24, 2.45) is 0 Å². The second-order valence-electron chi connectivity index (χ2n) is 14.9. The van der Waals surface area contributed by atoms with Gasteiger partial charge in [0.1, 0.15) is 6.61 Å². The van der Waals surface area contributed by atoms with Gasteiger partial charge in [0.05, 0.1) is 13.2 Å². The number of likely N-dealkylation sites (N-methyl/N-ethyl adjacent to an activating group) is 1. The zero-order chi connectivity index (χ0) is 41.9. The summed E-state index contributed by atoms with van der Waals surface area (Å²) in [5.74, 6) is -0.883. The lowest BCUT2D eigenvalue weighted by atomic mass is 10.1. The van der Waals surface area contributed by atoms with E-state index < -0.39 is 32.5 Å². The molecule has 2 atom stereocenters. The molecule has 0 rings (SSSR count). The standard InChI is InChI=1S/C47H82NO8P/c1-5-7-9-11-13-15-17-19-21-23-25-27-29-31-33-35-37-39-46(49)53-43-45(44-55-57(51,52)54-42-41-48(3)4)56-47(50)40-38-36-34-32-30-28-26-24-22-20-18-16-14-12-10-8-6-2/h13-16,19-22,25,27,31,33,45H,5-12,17-18,23-24,26,28-30,32,34-44H2,1-4H3,(H,51,52)/b15-13-,16-14-,21-19-,22-20-,27-25-,33-31-. The summed E-state index contributed by atoms with van der Waals surface area (Å²) in [5.41, 5.74) is 0. The minimum absolute atomic E-state index is 0.00612. The van der Waals surface area contributed by atoms with Crippen LogP contribution in [0.25, 0.3) is 0 Å². The first kappa shape index (κ1) is 54.5. The van der Waals surface area contributed by atoms with Gasteiger partial charge in [0.15, 0.2) is 6.10 Å². The smallest absolute Gasteiger partial charge is 0.462 e. The molecular weight excluding hydrogens is 737 g/mol. The van der Waals surface area contributed by atoms with E-state index in [9.17, 15) is 19.0 Å². The molecule has 1 N–H and O–H groups in total. The van der Waals surface area contributed by atoms with Crippen LogP contribution < -0.4 is 0 Å². The summed E-state index contributed by atoms with van der Waals surface area (Å²) in [6.07, 6.45) is 49.5. The SMILES string of the molecule is CCCCC/C=C\C/C=C\C/C=C\C/C=C\CCCC(=O)OCC(COP(=O)(O)OCCN(C)C)OC(=O)CCCCCCCCC/C=C\C/C=C\CCCCC. The molecule has 0 aromatic rings. The maximum absolute atomic E-state index is 12.7. The molecule has 9 nitrogen and oxygen atoms in total. The van der Waals surface area contributed by atoms with Crippen LogP contribution in [0.15, 0.2) is 72.9 Å². The molecule has 0 fully saturated rings. The van der Waals surface area contributed by atoms with Crippen LogP contribution in [0.2, 0.25) is 0 Å². The Labute approximate surface area is 348 Å². The maximum atomic E-state index is 12.7. The van der Waals surface area contributed by atoms with E-state index in [0.717, 1.165) is 57.8 Å². The van der Waals surface area contributed by atoms with Crippen LogP contribution in [0.1, 0.15) is 168 Å². The average Bonchev–Trinajstić information content (AvgIpc) is 3.18. The lowest BCUT2D eigenvalue weighted by molar-refractivity contribution is -0.161. The van der Waals surface area contributed by atoms with E-state index >= 15 is 0 Å². The van der Waals surface area contributed by atoms with Crippen molar-refractivity contribution in [2.45, 2.75) is 174 Å². The van der Waals surface area contributed by atoms with Crippen molar-refractivity contribution in [3.8, 4) is 0 Å². The third kappa shape index (κ3) is 42.9. The van der Waals surface area contributed by atoms with Crippen LogP contribution in [-0.2, 0) is 32.7 Å². The van der Waals surface area contributed by atoms with Crippen molar-refractivity contribution in [1.82, 2.24) is 4.90 Å². The fourth-order valence-electron chi connectivity index (χ4n) is 5.53. The minimum atomic E-state index is -4.38. The van der Waals surface area contributed by atoms with Crippen molar-refractivity contribution in [3.63, 3.8) is 0 Å². The highest BCUT2D eigenvalue weighted by Crippen LogP contribution is 2.43. The number of carbonyl (C=O) groups is 2. The molecule has 0 spiro atoms. The molecule has 0 saturated heterocycles. The molecule has 0 bridgehead atoms. The van der Waals surface area contributed by atoms with Crippen LogP contribution in [0.3, 0.4) is 0 Å². The molecule has 0 aliphatic rings. The summed E-state index contributed by atoms with van der Waals surface area (Å²) >= 11 is 0. The topological polar surface area (TPSA) is 112 Å². The molecule has 328 valence electrons. The Kier molecular flexibility index (Phi) is 39.7. The summed E-state index contributed by atoms with van der Waals surface area (Å²) in [6.45, 7) is 4.18. The van der Waals surface area contributed by atoms with Gasteiger partial charge in [-0.15, -0.1) is 0 Å². The Hall–Kier alpha value is -2.55. The van der Waals surface area contributed by atoms with Gasteiger partial charge in [0.25, 0.3) is 0 Å². The predicted octanol–water partition coefficient (Wildman–Crippen LogP) is 12.9. The van der Waals surface area contributed by atoms with E-state index in [4.69, 9.17) is 18.5 Å². The number of unbranched alkanes of at least 4 members (excludes halogenated alkanes) is 14. The number of hydrogen-bond donors (Lipinski definition) is 1. The van der Waals surface area contributed by atoms with Gasteiger partial charge in [0.2, 0.25) is 0 Å². The summed E-state index contributed by atoms with van der Waals surface area (Å²) in [4.78, 5) is 37.0. The molecular formula is C47H82NO8P. The number of rotatable bonds is 40. The Morgan fingerprint density at radius 3 is 1.46 bits per heavy atom. The van der Waals surface area contributed by atoms with Crippen molar-refractivity contribution in [2.75, 3.05) is 40.5 Å². The Morgan fingerprint density at radius 1 is 0.544 bits per heavy atom. The third-order valence-corrected chi connectivity index (χ3v) is 9.97. The van der Waals surface area contributed by atoms with E-state index in [-0.39, 0.29) is 26.1 Å². The van der Waals surface area contributed by atoms with Crippen LogP contribution in [0.5, 0.6) is 0 Å². The average molecular weight is 820 g/mol. The van der Waals surface area contributed by atoms with Gasteiger partial charge in [0, 0.05) is 19.4 Å². The normalized spacial score (nSPS) is 14.1. The zero-order valence-electron chi connectivity index (χ0n) is 36.5. The predicted molar refractivity (Wildman–Crippen MR) is 238 cm³/mol. The van der Waals surface area contributed by atoms with Crippen LogP contribution in [0, 0.1) is 0 Å². The van der Waals surface area contributed by atoms with Crippen LogP contribution in [-0.4, -0.2) is 68.3 Å². The van der Waals surface area contributed by atoms with E-state index in [0.29, 0.717) is 19.4 Å². The molecule has 0 aliphatic heterocycles. The van der Waals surface area contributed by atoms with Gasteiger partial charge in [-0.05, 0) is 97.6 Å². The van der Waals surface area contributed by atoms with Crippen LogP contribution >= 0.6 is 7.82 Å². The van der Waals surface area contributed by atoms with Gasteiger partial charge in [-0.2, -0.15) is 0 Å². The number of hydrogen-bond acceptors (Lipinski definition) is 8. The lowest BCUT2D eigenvalue weighted by Gasteiger charge is -2.20. The number of esters is 2. The first-order chi connectivity index (χ1) is 27.7. The molecule has 2 unspecified atom stereocenters. The van der Waals surface area contributed by atoms with Crippen LogP contribution in [0.4, 0.5) is 0 Å². The van der Waals surface area contributed by atoms with Gasteiger partial charge in [-0.3, -0.25) is 18.6 Å². The van der Waals surface area contributed by atoms with E-state index in [2.05, 4.69) is 86.8 Å². The molecule has 57 heavy (non-hydrogen) atoms. The monoisotopic (exact) mass is 820 g/mol. The van der Waals surface area contributed by atoms with E-state index in [1.165, 1.54) is 70.6 Å². The summed E-state index contributed by atoms with van der Waals surface area (Å²) in [5, 5.41) is 0. The van der Waals surface area contributed by atoms with Gasteiger partial charge >= 0.3 is 19.8 Å². The van der Waals surface area contributed by atoms with Crippen molar-refractivity contribution < 1.29 is 37.6 Å². The van der Waals surface area contributed by atoms with Gasteiger partial charge in [-0.25, -0.2) is 4.57 Å².